The van der Waals surface area contributed by atoms with Gasteiger partial charge in [0.2, 0.25) is 5.71 Å². The third kappa shape index (κ3) is 5.41. The van der Waals surface area contributed by atoms with Gasteiger partial charge < -0.3 is 9.25 Å². The maximum atomic E-state index is 12.7. The van der Waals surface area contributed by atoms with Crippen LogP contribution in [0.25, 0.3) is 11.1 Å². The van der Waals surface area contributed by atoms with E-state index in [0.29, 0.717) is 23.3 Å². The van der Waals surface area contributed by atoms with E-state index in [-0.39, 0.29) is 17.1 Å². The highest BCUT2D eigenvalue weighted by Crippen LogP contribution is 2.38. The number of rotatable bonds is 7. The average molecular weight is 450 g/mol. The Morgan fingerprint density at radius 1 is 1.18 bits per heavy atom. The zero-order valence-electron chi connectivity index (χ0n) is 19.5. The molecule has 7 heteroatoms. The summed E-state index contributed by atoms with van der Waals surface area (Å²) in [4.78, 5) is 37.1. The smallest absolute Gasteiger partial charge is 0.337 e. The van der Waals surface area contributed by atoms with E-state index in [0.717, 1.165) is 44.2 Å². The van der Waals surface area contributed by atoms with Gasteiger partial charge in [-0.05, 0) is 61.0 Å². The molecule has 2 aromatic heterocycles. The number of oxime groups is 1. The summed E-state index contributed by atoms with van der Waals surface area (Å²) in [6, 6.07) is 11.8. The van der Waals surface area contributed by atoms with Gasteiger partial charge in [-0.25, -0.2) is 4.79 Å². The van der Waals surface area contributed by atoms with Crippen LogP contribution in [-0.2, 0) is 11.8 Å². The van der Waals surface area contributed by atoms with Gasteiger partial charge >= 0.3 is 11.6 Å². The molecular formula is C26H31N3O4. The lowest BCUT2D eigenvalue weighted by Crippen LogP contribution is -2.29. The lowest BCUT2D eigenvalue weighted by atomic mass is 9.70. The number of hydrogen-bond acceptors (Lipinski definition) is 6. The fraction of sp³-hybridized carbons (Fsp3) is 0.462. The molecule has 0 atom stereocenters. The second-order valence-electron chi connectivity index (χ2n) is 9.60. The molecule has 0 bridgehead atoms. The third-order valence-electron chi connectivity index (χ3n) is 6.57. The van der Waals surface area contributed by atoms with Crippen molar-refractivity contribution in [2.24, 2.45) is 11.1 Å². The Labute approximate surface area is 192 Å². The monoisotopic (exact) mass is 449 g/mol. The van der Waals surface area contributed by atoms with Gasteiger partial charge in [0, 0.05) is 6.07 Å². The summed E-state index contributed by atoms with van der Waals surface area (Å²) >= 11 is 0. The number of hydrogen-bond donors (Lipinski definition) is 1. The van der Waals surface area contributed by atoms with Crippen LogP contribution in [0.15, 0.2) is 55.6 Å². The van der Waals surface area contributed by atoms with E-state index in [1.807, 2.05) is 6.07 Å². The second-order valence-corrected chi connectivity index (χ2v) is 9.60. The van der Waals surface area contributed by atoms with E-state index in [1.54, 1.807) is 0 Å². The summed E-state index contributed by atoms with van der Waals surface area (Å²) < 4.78 is 5.20. The van der Waals surface area contributed by atoms with Crippen LogP contribution in [-0.4, -0.2) is 15.7 Å². The van der Waals surface area contributed by atoms with Gasteiger partial charge in [-0.15, -0.1) is 0 Å². The lowest BCUT2D eigenvalue weighted by Gasteiger charge is -2.34. The van der Waals surface area contributed by atoms with Crippen molar-refractivity contribution in [1.82, 2.24) is 9.97 Å². The van der Waals surface area contributed by atoms with Gasteiger partial charge in [-0.2, -0.15) is 4.98 Å². The number of H-pyrrole nitrogens is 1. The van der Waals surface area contributed by atoms with Crippen LogP contribution in [0.3, 0.4) is 0 Å². The van der Waals surface area contributed by atoms with Crippen molar-refractivity contribution in [3.8, 4) is 6.01 Å². The van der Waals surface area contributed by atoms with Crippen LogP contribution >= 0.6 is 0 Å². The fourth-order valence-corrected chi connectivity index (χ4v) is 4.49. The molecule has 0 unspecified atom stereocenters. The first-order valence-electron chi connectivity index (χ1n) is 11.7. The van der Waals surface area contributed by atoms with Crippen LogP contribution in [0.4, 0.5) is 0 Å². The molecule has 1 saturated carbocycles. The molecule has 0 amide bonds. The summed E-state index contributed by atoms with van der Waals surface area (Å²) in [5, 5.41) is 4.54. The minimum Gasteiger partial charge on any atom is -0.403 e. The molecule has 174 valence electrons. The van der Waals surface area contributed by atoms with Gasteiger partial charge in [0.15, 0.2) is 0 Å². The Morgan fingerprint density at radius 2 is 1.91 bits per heavy atom. The van der Waals surface area contributed by atoms with E-state index in [4.69, 9.17) is 9.25 Å². The van der Waals surface area contributed by atoms with Gasteiger partial charge in [0.05, 0.1) is 5.71 Å². The highest BCUT2D eigenvalue weighted by atomic mass is 16.6. The van der Waals surface area contributed by atoms with Crippen LogP contribution in [0.1, 0.15) is 70.4 Å². The number of benzene rings is 1. The average Bonchev–Trinajstić information content (AvgIpc) is 2.78. The molecule has 1 aliphatic carbocycles. The number of fused-ring (bicyclic) bond motifs is 1. The lowest BCUT2D eigenvalue weighted by molar-refractivity contribution is 0.301. The Balaban J connectivity index is 1.49. The molecule has 7 nitrogen and oxygen atoms in total. The van der Waals surface area contributed by atoms with Crippen molar-refractivity contribution >= 4 is 16.8 Å². The zero-order valence-corrected chi connectivity index (χ0v) is 19.5. The van der Waals surface area contributed by atoms with Crippen LogP contribution in [0, 0.1) is 5.92 Å². The Morgan fingerprint density at radius 3 is 2.61 bits per heavy atom. The van der Waals surface area contributed by atoms with E-state index in [2.05, 4.69) is 60.2 Å². The van der Waals surface area contributed by atoms with E-state index in [9.17, 15) is 9.59 Å². The molecule has 0 aliphatic heterocycles. The van der Waals surface area contributed by atoms with Gasteiger partial charge in [-0.3, -0.25) is 9.78 Å². The highest BCUT2D eigenvalue weighted by molar-refractivity contribution is 5.85. The van der Waals surface area contributed by atoms with Crippen LogP contribution in [0.2, 0.25) is 0 Å². The number of aromatic amines is 1. The van der Waals surface area contributed by atoms with Crippen molar-refractivity contribution in [3.63, 3.8) is 0 Å². The first-order valence-corrected chi connectivity index (χ1v) is 11.7. The molecule has 4 rings (SSSR count). The third-order valence-corrected chi connectivity index (χ3v) is 6.57. The Kier molecular flexibility index (Phi) is 6.77. The molecule has 1 aromatic carbocycles. The van der Waals surface area contributed by atoms with Crippen molar-refractivity contribution in [2.75, 3.05) is 0 Å². The van der Waals surface area contributed by atoms with Crippen molar-refractivity contribution in [1.29, 1.82) is 0 Å². The standard InChI is InChI=1S/C26H31N3O4/c1-17(2)8-7-9-18-16-21(30)32-24-22(18)23(31)27-25(28-24)33-29-20-12-14-26(3,15-13-20)19-10-5-4-6-11-19/h4-6,10-11,16-17H,7-9,12-15H2,1-3H3,(H,27,28,31). The molecule has 1 aliphatic rings. The molecule has 1 fully saturated rings. The number of nitrogens with zero attached hydrogens (tertiary/aromatic N) is 2. The predicted octanol–water partition coefficient (Wildman–Crippen LogP) is 5.12. The number of nitrogens with one attached hydrogen (secondary N) is 1. The summed E-state index contributed by atoms with van der Waals surface area (Å²) in [6.45, 7) is 6.57. The molecular weight excluding hydrogens is 418 g/mol. The van der Waals surface area contributed by atoms with E-state index >= 15 is 0 Å². The second kappa shape index (κ2) is 9.73. The molecule has 33 heavy (non-hydrogen) atoms. The molecule has 0 spiro atoms. The van der Waals surface area contributed by atoms with Crippen molar-refractivity contribution in [2.45, 2.75) is 71.1 Å². The summed E-state index contributed by atoms with van der Waals surface area (Å²) in [6.07, 6.45) is 6.05. The highest BCUT2D eigenvalue weighted by Gasteiger charge is 2.31. The van der Waals surface area contributed by atoms with E-state index in [1.165, 1.54) is 11.6 Å². The maximum Gasteiger partial charge on any atom is 0.337 e. The minimum absolute atomic E-state index is 0.0127. The molecule has 2 heterocycles. The Hall–Kier alpha value is -3.22. The predicted molar refractivity (Wildman–Crippen MR) is 129 cm³/mol. The normalized spacial score (nSPS) is 18.6. The SMILES string of the molecule is CC(C)CCCc1cc(=O)oc2nc(ON=C3CCC(C)(c4ccccc4)CC3)[nH]c(=O)c12. The van der Waals surface area contributed by atoms with Gasteiger partial charge in [-0.1, -0.05) is 62.7 Å². The van der Waals surface area contributed by atoms with Crippen LogP contribution in [0.5, 0.6) is 6.01 Å². The summed E-state index contributed by atoms with van der Waals surface area (Å²) in [5.41, 5.74) is 2.11. The maximum absolute atomic E-state index is 12.7. The fourth-order valence-electron chi connectivity index (χ4n) is 4.49. The quantitative estimate of drug-likeness (QED) is 0.505. The summed E-state index contributed by atoms with van der Waals surface area (Å²) in [7, 11) is 0. The summed E-state index contributed by atoms with van der Waals surface area (Å²) in [5.74, 6) is 0.553. The molecule has 3 aromatic rings. The molecule has 0 radical (unpaired) electrons. The first-order chi connectivity index (χ1) is 15.8. The van der Waals surface area contributed by atoms with E-state index < -0.39 is 11.2 Å². The molecule has 1 N–H and O–H groups in total. The zero-order chi connectivity index (χ0) is 23.4. The Bertz CT molecular complexity index is 1250. The topological polar surface area (TPSA) is 97.5 Å². The van der Waals surface area contributed by atoms with Crippen molar-refractivity contribution in [3.05, 3.63) is 68.3 Å². The minimum atomic E-state index is -0.523. The van der Waals surface area contributed by atoms with Gasteiger partial charge in [0.25, 0.3) is 5.56 Å². The first kappa shape index (κ1) is 23.0. The number of aromatic nitrogens is 2. The van der Waals surface area contributed by atoms with Gasteiger partial charge in [0.1, 0.15) is 5.39 Å². The number of aryl methyl sites for hydroxylation is 1. The van der Waals surface area contributed by atoms with Crippen LogP contribution < -0.4 is 16.0 Å². The largest absolute Gasteiger partial charge is 0.403 e. The molecule has 0 saturated heterocycles. The van der Waals surface area contributed by atoms with Crippen molar-refractivity contribution < 1.29 is 9.25 Å².